The lowest BCUT2D eigenvalue weighted by Gasteiger charge is -2.20. The molecular weight excluding hydrogens is 248 g/mol. The van der Waals surface area contributed by atoms with Gasteiger partial charge in [0.15, 0.2) is 0 Å². The van der Waals surface area contributed by atoms with Crippen molar-refractivity contribution in [3.05, 3.63) is 48.5 Å². The first-order valence-electron chi connectivity index (χ1n) is 6.99. The van der Waals surface area contributed by atoms with Gasteiger partial charge in [0.2, 0.25) is 0 Å². The molecule has 1 heterocycles. The highest BCUT2D eigenvalue weighted by atomic mass is 15.5. The fourth-order valence-electron chi connectivity index (χ4n) is 2.36. The number of aromatic nitrogens is 3. The molecule has 4 heteroatoms. The molecule has 0 unspecified atom stereocenters. The molecule has 0 aliphatic carbocycles. The molecule has 0 atom stereocenters. The first-order valence-corrected chi connectivity index (χ1v) is 6.99. The molecule has 3 aromatic rings. The van der Waals surface area contributed by atoms with E-state index < -0.39 is 0 Å². The lowest BCUT2D eigenvalue weighted by Crippen LogP contribution is -2.21. The van der Waals surface area contributed by atoms with Gasteiger partial charge >= 0.3 is 0 Å². The van der Waals surface area contributed by atoms with Crippen molar-refractivity contribution in [2.24, 2.45) is 0 Å². The van der Waals surface area contributed by atoms with Gasteiger partial charge in [-0.05, 0) is 50.2 Å². The van der Waals surface area contributed by atoms with Gasteiger partial charge in [0.05, 0.1) is 5.69 Å². The average molecular weight is 266 g/mol. The molecule has 102 valence electrons. The van der Waals surface area contributed by atoms with Gasteiger partial charge in [-0.15, -0.1) is 10.2 Å². The Morgan fingerprint density at radius 1 is 0.850 bits per heavy atom. The second kappa shape index (κ2) is 5.33. The molecule has 0 radical (unpaired) electrons. The van der Waals surface area contributed by atoms with Gasteiger partial charge in [0, 0.05) is 18.8 Å². The van der Waals surface area contributed by atoms with E-state index in [1.807, 2.05) is 24.3 Å². The zero-order chi connectivity index (χ0) is 13.9. The zero-order valence-electron chi connectivity index (χ0n) is 11.8. The van der Waals surface area contributed by atoms with Crippen molar-refractivity contribution < 1.29 is 0 Å². The van der Waals surface area contributed by atoms with E-state index in [1.165, 1.54) is 5.69 Å². The van der Waals surface area contributed by atoms with E-state index in [1.54, 1.807) is 4.80 Å². The van der Waals surface area contributed by atoms with Gasteiger partial charge in [-0.25, -0.2) is 0 Å². The Morgan fingerprint density at radius 3 is 1.90 bits per heavy atom. The first kappa shape index (κ1) is 12.7. The Kier molecular flexibility index (Phi) is 3.37. The van der Waals surface area contributed by atoms with E-state index in [0.29, 0.717) is 0 Å². The van der Waals surface area contributed by atoms with E-state index >= 15 is 0 Å². The first-order chi connectivity index (χ1) is 9.81. The zero-order valence-corrected chi connectivity index (χ0v) is 11.8. The molecule has 4 nitrogen and oxygen atoms in total. The fourth-order valence-corrected chi connectivity index (χ4v) is 2.36. The van der Waals surface area contributed by atoms with Crippen molar-refractivity contribution in [1.82, 2.24) is 15.0 Å². The van der Waals surface area contributed by atoms with E-state index in [0.717, 1.165) is 29.8 Å². The van der Waals surface area contributed by atoms with E-state index in [-0.39, 0.29) is 0 Å². The van der Waals surface area contributed by atoms with Crippen LogP contribution < -0.4 is 4.90 Å². The summed E-state index contributed by atoms with van der Waals surface area (Å²) in [4.78, 5) is 4.01. The van der Waals surface area contributed by atoms with Gasteiger partial charge < -0.3 is 4.90 Å². The van der Waals surface area contributed by atoms with Crippen LogP contribution in [0.5, 0.6) is 0 Å². The van der Waals surface area contributed by atoms with Crippen LogP contribution in [0.15, 0.2) is 48.5 Å². The molecule has 3 rings (SSSR count). The minimum atomic E-state index is 0.917. The Morgan fingerprint density at radius 2 is 1.40 bits per heavy atom. The quantitative estimate of drug-likeness (QED) is 0.727. The molecule has 2 aromatic carbocycles. The van der Waals surface area contributed by atoms with Crippen molar-refractivity contribution in [3.8, 4) is 5.69 Å². The normalized spacial score (nSPS) is 10.9. The fraction of sp³-hybridized carbons (Fsp3) is 0.250. The van der Waals surface area contributed by atoms with E-state index in [4.69, 9.17) is 0 Å². The molecule has 0 spiro atoms. The van der Waals surface area contributed by atoms with Gasteiger partial charge in [-0.2, -0.15) is 4.80 Å². The Bertz CT molecular complexity index is 663. The average Bonchev–Trinajstić information content (AvgIpc) is 2.93. The van der Waals surface area contributed by atoms with Gasteiger partial charge in [0.1, 0.15) is 11.0 Å². The minimum absolute atomic E-state index is 0.917. The molecule has 0 amide bonds. The van der Waals surface area contributed by atoms with Crippen LogP contribution in [0, 0.1) is 0 Å². The number of fused-ring (bicyclic) bond motifs is 1. The van der Waals surface area contributed by atoms with Crippen molar-refractivity contribution >= 4 is 16.7 Å². The predicted octanol–water partition coefficient (Wildman–Crippen LogP) is 3.27. The van der Waals surface area contributed by atoms with Gasteiger partial charge in [0.25, 0.3) is 0 Å². The molecule has 0 fully saturated rings. The maximum Gasteiger partial charge on any atom is 0.113 e. The standard InChI is InChI=1S/C16H18N4/c1-3-19(4-2)13-9-11-14(12-10-13)20-17-15-7-5-6-8-16(15)18-20/h5-12H,3-4H2,1-2H3. The summed E-state index contributed by atoms with van der Waals surface area (Å²) in [6.45, 7) is 6.36. The highest BCUT2D eigenvalue weighted by Crippen LogP contribution is 2.17. The molecule has 1 aromatic heterocycles. The number of hydrogen-bond acceptors (Lipinski definition) is 3. The summed E-state index contributed by atoms with van der Waals surface area (Å²) < 4.78 is 0. The van der Waals surface area contributed by atoms with Crippen LogP contribution in [0.1, 0.15) is 13.8 Å². The highest BCUT2D eigenvalue weighted by Gasteiger charge is 2.05. The summed E-state index contributed by atoms with van der Waals surface area (Å²) in [6.07, 6.45) is 0. The van der Waals surface area contributed by atoms with Crippen molar-refractivity contribution in [1.29, 1.82) is 0 Å². The van der Waals surface area contributed by atoms with E-state index in [9.17, 15) is 0 Å². The SMILES string of the molecule is CCN(CC)c1ccc(-n2nc3ccccc3n2)cc1. The summed E-state index contributed by atoms with van der Waals surface area (Å²) in [5, 5.41) is 8.98. The van der Waals surface area contributed by atoms with Crippen LogP contribution in [-0.4, -0.2) is 28.1 Å². The molecule has 0 aliphatic rings. The molecule has 0 saturated heterocycles. The van der Waals surface area contributed by atoms with Crippen LogP contribution in [-0.2, 0) is 0 Å². The predicted molar refractivity (Wildman–Crippen MR) is 82.4 cm³/mol. The Labute approximate surface area is 118 Å². The number of benzene rings is 2. The Hall–Kier alpha value is -2.36. The molecule has 0 bridgehead atoms. The monoisotopic (exact) mass is 266 g/mol. The third-order valence-corrected chi connectivity index (χ3v) is 3.50. The molecular formula is C16H18N4. The summed E-state index contributed by atoms with van der Waals surface area (Å²) >= 11 is 0. The summed E-state index contributed by atoms with van der Waals surface area (Å²) in [5.41, 5.74) is 4.05. The van der Waals surface area contributed by atoms with Crippen LogP contribution >= 0.6 is 0 Å². The third kappa shape index (κ3) is 2.25. The summed E-state index contributed by atoms with van der Waals surface area (Å²) in [5.74, 6) is 0. The second-order valence-corrected chi connectivity index (χ2v) is 4.67. The molecule has 0 saturated carbocycles. The minimum Gasteiger partial charge on any atom is -0.372 e. The number of hydrogen-bond donors (Lipinski definition) is 0. The van der Waals surface area contributed by atoms with Crippen molar-refractivity contribution in [3.63, 3.8) is 0 Å². The highest BCUT2D eigenvalue weighted by molar-refractivity contribution is 5.73. The van der Waals surface area contributed by atoms with Crippen LogP contribution in [0.4, 0.5) is 5.69 Å². The summed E-state index contributed by atoms with van der Waals surface area (Å²) in [6, 6.07) is 16.3. The molecule has 0 aliphatic heterocycles. The molecule has 0 N–H and O–H groups in total. The lowest BCUT2D eigenvalue weighted by atomic mass is 10.2. The third-order valence-electron chi connectivity index (χ3n) is 3.50. The number of rotatable bonds is 4. The Balaban J connectivity index is 1.94. The smallest absolute Gasteiger partial charge is 0.113 e. The molecule has 20 heavy (non-hydrogen) atoms. The van der Waals surface area contributed by atoms with Crippen LogP contribution in [0.2, 0.25) is 0 Å². The maximum absolute atomic E-state index is 4.49. The largest absolute Gasteiger partial charge is 0.372 e. The summed E-state index contributed by atoms with van der Waals surface area (Å²) in [7, 11) is 0. The number of anilines is 1. The van der Waals surface area contributed by atoms with Crippen LogP contribution in [0.25, 0.3) is 16.7 Å². The maximum atomic E-state index is 4.49. The van der Waals surface area contributed by atoms with E-state index in [2.05, 4.69) is 53.2 Å². The van der Waals surface area contributed by atoms with Gasteiger partial charge in [-0.3, -0.25) is 0 Å². The number of nitrogens with zero attached hydrogens (tertiary/aromatic N) is 4. The van der Waals surface area contributed by atoms with Crippen molar-refractivity contribution in [2.45, 2.75) is 13.8 Å². The van der Waals surface area contributed by atoms with Gasteiger partial charge in [-0.1, -0.05) is 12.1 Å². The topological polar surface area (TPSA) is 34.0 Å². The van der Waals surface area contributed by atoms with Crippen molar-refractivity contribution in [2.75, 3.05) is 18.0 Å². The van der Waals surface area contributed by atoms with Crippen LogP contribution in [0.3, 0.4) is 0 Å². The lowest BCUT2D eigenvalue weighted by molar-refractivity contribution is 0.765. The second-order valence-electron chi connectivity index (χ2n) is 4.67.